The zero-order valence-electron chi connectivity index (χ0n) is 20.7. The number of nitrogens with zero attached hydrogens (tertiary/aromatic N) is 1. The number of fused-ring (bicyclic) bond motifs is 1. The molecular formula is C24H26FNO4. The number of carbonyl (C=O) groups is 1. The van der Waals surface area contributed by atoms with Gasteiger partial charge in [-0.25, -0.2) is 4.39 Å². The van der Waals surface area contributed by atoms with Crippen molar-refractivity contribution in [2.45, 2.75) is 44.9 Å². The van der Waals surface area contributed by atoms with Crippen molar-refractivity contribution in [2.24, 2.45) is 0 Å². The monoisotopic (exact) mass is 415 g/mol. The summed E-state index contributed by atoms with van der Waals surface area (Å²) in [6, 6.07) is 4.07. The predicted octanol–water partition coefficient (Wildman–Crippen LogP) is 4.63. The summed E-state index contributed by atoms with van der Waals surface area (Å²) in [6.07, 6.45) is -0.233. The summed E-state index contributed by atoms with van der Waals surface area (Å²) in [6.45, 7) is 3.69. The minimum absolute atomic E-state index is 0.211. The first-order valence-electron chi connectivity index (χ1n) is 11.6. The molecule has 3 N–H and O–H groups in total. The van der Waals surface area contributed by atoms with Crippen molar-refractivity contribution in [3.63, 3.8) is 0 Å². The summed E-state index contributed by atoms with van der Waals surface area (Å²) in [5.41, 5.74) is 1.72. The van der Waals surface area contributed by atoms with Crippen molar-refractivity contribution >= 4 is 22.9 Å². The summed E-state index contributed by atoms with van der Waals surface area (Å²) in [5, 5.41) is 29.3. The van der Waals surface area contributed by atoms with Gasteiger partial charge in [0.25, 0.3) is 0 Å². The Balaban J connectivity index is 2.29. The van der Waals surface area contributed by atoms with Gasteiger partial charge < -0.3 is 19.9 Å². The second-order valence-electron chi connectivity index (χ2n) is 7.37. The van der Waals surface area contributed by atoms with Crippen molar-refractivity contribution in [3.8, 4) is 11.1 Å². The number of aliphatic carboxylic acids is 1. The Morgan fingerprint density at radius 1 is 1.20 bits per heavy atom. The Kier molecular flexibility index (Phi) is 5.17. The van der Waals surface area contributed by atoms with Crippen molar-refractivity contribution in [1.29, 1.82) is 0 Å². The molecule has 2 aromatic carbocycles. The molecule has 0 bridgehead atoms. The van der Waals surface area contributed by atoms with Crippen LogP contribution in [0.15, 0.2) is 54.5 Å². The summed E-state index contributed by atoms with van der Waals surface area (Å²) in [4.78, 5) is 10.8. The number of rotatable bonds is 8. The minimum Gasteiger partial charge on any atom is -0.481 e. The van der Waals surface area contributed by atoms with E-state index >= 15 is 0 Å². The van der Waals surface area contributed by atoms with Gasteiger partial charge in [0.2, 0.25) is 0 Å². The van der Waals surface area contributed by atoms with Crippen LogP contribution in [0.4, 0.5) is 4.39 Å². The number of aliphatic hydroxyl groups is 2. The molecule has 0 fully saturated rings. The first-order chi connectivity index (χ1) is 15.9. The maximum Gasteiger partial charge on any atom is 0.305 e. The molecule has 0 saturated heterocycles. The highest BCUT2D eigenvalue weighted by Crippen LogP contribution is 2.38. The number of aromatic nitrogens is 1. The highest BCUT2D eigenvalue weighted by molar-refractivity contribution is 6.01. The molecule has 1 aromatic heterocycles. The van der Waals surface area contributed by atoms with Gasteiger partial charge in [0.1, 0.15) is 5.82 Å². The minimum atomic E-state index is -1.25. The van der Waals surface area contributed by atoms with Crippen LogP contribution in [0.3, 0.4) is 0 Å². The molecule has 0 spiro atoms. The fourth-order valence-electron chi connectivity index (χ4n) is 3.49. The van der Waals surface area contributed by atoms with Gasteiger partial charge in [0, 0.05) is 34.6 Å². The number of benzene rings is 2. The standard InChI is InChI=1S/C24H26FNO4/c1-15(2)26-21-6-4-3-5-20(21)24(16-7-9-17(25)10-8-16)22(26)12-11-18(27)13-19(28)14-23(29)30/h3-12,15,18-19,27-28H,13-14H2,1-2H3,(H,29,30)/b12-11+/t18-,19-/m1/s1/i3D,4D,5D,6D. The first-order valence-corrected chi connectivity index (χ1v) is 9.60. The molecule has 6 heteroatoms. The topological polar surface area (TPSA) is 82.7 Å². The Labute approximate surface area is 180 Å². The molecule has 5 nitrogen and oxygen atoms in total. The van der Waals surface area contributed by atoms with E-state index in [2.05, 4.69) is 0 Å². The molecule has 3 rings (SSSR count). The quantitative estimate of drug-likeness (QED) is 0.501. The van der Waals surface area contributed by atoms with E-state index in [0.717, 1.165) is 0 Å². The second-order valence-corrected chi connectivity index (χ2v) is 7.37. The number of hydrogen-bond acceptors (Lipinski definition) is 3. The molecule has 0 aliphatic heterocycles. The number of para-hydroxylation sites is 1. The van der Waals surface area contributed by atoms with Crippen LogP contribution in [-0.4, -0.2) is 38.1 Å². The van der Waals surface area contributed by atoms with Crippen molar-refractivity contribution < 1.29 is 30.0 Å². The lowest BCUT2D eigenvalue weighted by atomic mass is 10.0. The van der Waals surface area contributed by atoms with E-state index < -0.39 is 36.5 Å². The van der Waals surface area contributed by atoms with Gasteiger partial charge in [0.05, 0.1) is 24.1 Å². The van der Waals surface area contributed by atoms with E-state index in [-0.39, 0.29) is 41.5 Å². The lowest BCUT2D eigenvalue weighted by Gasteiger charge is -2.15. The number of halogens is 1. The summed E-state index contributed by atoms with van der Waals surface area (Å²) < 4.78 is 48.7. The third kappa shape index (κ3) is 4.78. The van der Waals surface area contributed by atoms with Gasteiger partial charge in [-0.15, -0.1) is 0 Å². The van der Waals surface area contributed by atoms with E-state index in [1.807, 2.05) is 13.8 Å². The van der Waals surface area contributed by atoms with E-state index in [1.165, 1.54) is 30.3 Å². The zero-order chi connectivity index (χ0) is 25.3. The van der Waals surface area contributed by atoms with Gasteiger partial charge in [-0.05, 0) is 43.7 Å². The van der Waals surface area contributed by atoms with Gasteiger partial charge >= 0.3 is 5.97 Å². The number of carboxylic acids is 1. The van der Waals surface area contributed by atoms with Gasteiger partial charge in [-0.3, -0.25) is 4.79 Å². The summed E-state index contributed by atoms with van der Waals surface area (Å²) in [5.74, 6) is -1.65. The maximum absolute atomic E-state index is 13.6. The fraction of sp³-hybridized carbons (Fsp3) is 0.292. The van der Waals surface area contributed by atoms with Gasteiger partial charge in [-0.1, -0.05) is 36.3 Å². The third-order valence-electron chi connectivity index (χ3n) is 4.72. The smallest absolute Gasteiger partial charge is 0.305 e. The Morgan fingerprint density at radius 2 is 1.87 bits per heavy atom. The molecule has 2 atom stereocenters. The SMILES string of the molecule is [2H]c1c([2H])c([2H])c2c(c1[2H])c(-c1ccc(F)cc1)c(/C=C/[C@@H](O)C[C@@H](O)CC(=O)O)n2C(C)C. The highest BCUT2D eigenvalue weighted by Gasteiger charge is 2.19. The summed E-state index contributed by atoms with van der Waals surface area (Å²) in [7, 11) is 0. The Bertz CT molecular complexity index is 1250. The molecule has 0 aliphatic carbocycles. The maximum atomic E-state index is 13.6. The molecule has 158 valence electrons. The molecule has 1 heterocycles. The number of carboxylic acid groups (broad SMARTS) is 1. The van der Waals surface area contributed by atoms with Crippen LogP contribution < -0.4 is 0 Å². The van der Waals surface area contributed by atoms with E-state index in [9.17, 15) is 19.4 Å². The summed E-state index contributed by atoms with van der Waals surface area (Å²) >= 11 is 0. The molecule has 0 unspecified atom stereocenters. The number of aliphatic hydroxyl groups excluding tert-OH is 2. The highest BCUT2D eigenvalue weighted by atomic mass is 19.1. The average molecular weight is 415 g/mol. The van der Waals surface area contributed by atoms with Crippen molar-refractivity contribution in [3.05, 3.63) is 66.0 Å². The van der Waals surface area contributed by atoms with Gasteiger partial charge in [-0.2, -0.15) is 0 Å². The first kappa shape index (κ1) is 16.8. The molecule has 0 amide bonds. The van der Waals surface area contributed by atoms with Crippen LogP contribution in [0, 0.1) is 5.82 Å². The second kappa shape index (κ2) is 9.24. The van der Waals surface area contributed by atoms with E-state index in [4.69, 9.17) is 10.6 Å². The zero-order valence-corrected chi connectivity index (χ0v) is 16.7. The van der Waals surface area contributed by atoms with E-state index in [1.54, 1.807) is 10.6 Å². The van der Waals surface area contributed by atoms with Crippen molar-refractivity contribution in [1.82, 2.24) is 4.57 Å². The van der Waals surface area contributed by atoms with Gasteiger partial charge in [0.15, 0.2) is 0 Å². The lowest BCUT2D eigenvalue weighted by molar-refractivity contribution is -0.139. The van der Waals surface area contributed by atoms with Crippen LogP contribution >= 0.6 is 0 Å². The Hall–Kier alpha value is -2.96. The predicted molar refractivity (Wildman–Crippen MR) is 116 cm³/mol. The molecule has 0 radical (unpaired) electrons. The van der Waals surface area contributed by atoms with Crippen LogP contribution in [-0.2, 0) is 4.79 Å². The molecular weight excluding hydrogens is 385 g/mol. The Morgan fingerprint density at radius 3 is 2.50 bits per heavy atom. The van der Waals surface area contributed by atoms with Crippen LogP contribution in [0.1, 0.15) is 43.9 Å². The molecule has 3 aromatic rings. The van der Waals surface area contributed by atoms with Crippen molar-refractivity contribution in [2.75, 3.05) is 0 Å². The third-order valence-corrected chi connectivity index (χ3v) is 4.72. The fourth-order valence-corrected chi connectivity index (χ4v) is 3.49. The van der Waals surface area contributed by atoms with Crippen LogP contribution in [0.2, 0.25) is 0 Å². The van der Waals surface area contributed by atoms with E-state index in [0.29, 0.717) is 16.8 Å². The number of hydrogen-bond donors (Lipinski definition) is 3. The average Bonchev–Trinajstić information content (AvgIpc) is 3.10. The van der Waals surface area contributed by atoms with Crippen LogP contribution in [0.5, 0.6) is 0 Å². The lowest BCUT2D eigenvalue weighted by Crippen LogP contribution is -2.19. The van der Waals surface area contributed by atoms with Crippen LogP contribution in [0.25, 0.3) is 28.1 Å². The molecule has 0 saturated carbocycles. The normalized spacial score (nSPS) is 15.8. The molecule has 30 heavy (non-hydrogen) atoms. The molecule has 0 aliphatic rings. The largest absolute Gasteiger partial charge is 0.481 e.